The Balaban J connectivity index is 1.62. The van der Waals surface area contributed by atoms with Crippen LogP contribution in [0.25, 0.3) is 0 Å². The molecule has 0 saturated carbocycles. The van der Waals surface area contributed by atoms with Crippen molar-refractivity contribution in [2.75, 3.05) is 4.90 Å². The number of para-hydroxylation sites is 1. The minimum absolute atomic E-state index is 0.265. The van der Waals surface area contributed by atoms with Gasteiger partial charge in [0, 0.05) is 5.30 Å². The van der Waals surface area contributed by atoms with Gasteiger partial charge in [0.15, 0.2) is 0 Å². The molecular weight excluding hydrogens is 373 g/mol. The van der Waals surface area contributed by atoms with E-state index in [9.17, 15) is 14.2 Å². The van der Waals surface area contributed by atoms with Gasteiger partial charge >= 0.3 is 0 Å². The number of benzene rings is 2. The highest BCUT2D eigenvalue weighted by Gasteiger charge is 2.65. The van der Waals surface area contributed by atoms with Gasteiger partial charge in [-0.15, -0.1) is 0 Å². The van der Waals surface area contributed by atoms with Crippen LogP contribution in [0.4, 0.5) is 5.69 Å². The van der Waals surface area contributed by atoms with E-state index in [0.29, 0.717) is 11.0 Å². The Kier molecular flexibility index (Phi) is 3.77. The standard InChI is InChI=1S/C22H20NO4P/c1-13-8-10-16(11-9-13)28(26)17-12-14(2)20(27-28)19-18(17)21(24)23(22(19)25)15-6-4-3-5-7-15/h3-12,17-20H,1-2H3/t17-,18+,19+,20+,28?/m0/s1. The second-order valence-electron chi connectivity index (χ2n) is 7.76. The lowest BCUT2D eigenvalue weighted by Gasteiger charge is -2.45. The Bertz CT molecular complexity index is 1060. The van der Waals surface area contributed by atoms with Crippen molar-refractivity contribution in [3.05, 3.63) is 71.8 Å². The molecular formula is C22H20NO4P. The van der Waals surface area contributed by atoms with Crippen molar-refractivity contribution >= 4 is 30.2 Å². The summed E-state index contributed by atoms with van der Waals surface area (Å²) in [5.41, 5.74) is 1.87. The number of allylic oxidation sites excluding steroid dienone is 1. The van der Waals surface area contributed by atoms with Gasteiger partial charge in [-0.2, -0.15) is 0 Å². The van der Waals surface area contributed by atoms with E-state index in [-0.39, 0.29) is 11.8 Å². The van der Waals surface area contributed by atoms with Gasteiger partial charge in [0.2, 0.25) is 19.2 Å². The average molecular weight is 393 g/mol. The summed E-state index contributed by atoms with van der Waals surface area (Å²) < 4.78 is 20.1. The van der Waals surface area contributed by atoms with Crippen LogP contribution < -0.4 is 10.2 Å². The first kappa shape index (κ1) is 17.6. The van der Waals surface area contributed by atoms with Gasteiger partial charge in [-0.1, -0.05) is 42.0 Å². The first-order valence-corrected chi connectivity index (χ1v) is 11.1. The molecule has 2 bridgehead atoms. The molecule has 142 valence electrons. The predicted molar refractivity (Wildman–Crippen MR) is 107 cm³/mol. The van der Waals surface area contributed by atoms with Crippen molar-refractivity contribution < 1.29 is 18.7 Å². The van der Waals surface area contributed by atoms with Crippen molar-refractivity contribution in [3.8, 4) is 0 Å². The molecule has 3 heterocycles. The Labute approximate surface area is 163 Å². The number of amides is 2. The van der Waals surface area contributed by atoms with Crippen LogP contribution in [0, 0.1) is 18.8 Å². The summed E-state index contributed by atoms with van der Waals surface area (Å²) in [6.07, 6.45) is 1.27. The maximum absolute atomic E-state index is 14.0. The molecule has 5 atom stereocenters. The SMILES string of the molecule is CC1=C[C@H]2[C@H]3C(=O)N(c4ccccc4)C(=O)[C@H]3[C@@H]1OP2(=O)c1ccc(C)cc1. The molecule has 1 unspecified atom stereocenters. The number of fused-ring (bicyclic) bond motifs is 1. The first-order valence-electron chi connectivity index (χ1n) is 9.38. The van der Waals surface area contributed by atoms with Crippen LogP contribution in [0.15, 0.2) is 66.2 Å². The second kappa shape index (κ2) is 6.00. The second-order valence-corrected chi connectivity index (χ2v) is 10.3. The molecule has 2 aromatic carbocycles. The maximum Gasteiger partial charge on any atom is 0.240 e. The van der Waals surface area contributed by atoms with Gasteiger partial charge < -0.3 is 4.52 Å². The smallest absolute Gasteiger partial charge is 0.240 e. The van der Waals surface area contributed by atoms with Gasteiger partial charge in [-0.25, -0.2) is 4.90 Å². The van der Waals surface area contributed by atoms with Crippen molar-refractivity contribution in [2.24, 2.45) is 11.8 Å². The topological polar surface area (TPSA) is 63.7 Å². The number of carbonyl (C=O) groups excluding carboxylic acids is 2. The summed E-state index contributed by atoms with van der Waals surface area (Å²) in [4.78, 5) is 27.8. The maximum atomic E-state index is 14.0. The lowest BCUT2D eigenvalue weighted by molar-refractivity contribution is -0.124. The molecule has 4 aliphatic rings. The minimum atomic E-state index is -3.31. The molecule has 6 heteroatoms. The third kappa shape index (κ3) is 2.27. The predicted octanol–water partition coefficient (Wildman–Crippen LogP) is 3.43. The van der Waals surface area contributed by atoms with E-state index in [1.165, 1.54) is 4.90 Å². The molecule has 0 N–H and O–H groups in total. The van der Waals surface area contributed by atoms with Crippen molar-refractivity contribution in [1.29, 1.82) is 0 Å². The lowest BCUT2D eigenvalue weighted by atomic mass is 9.79. The minimum Gasteiger partial charge on any atom is -0.316 e. The number of anilines is 1. The van der Waals surface area contributed by atoms with Crippen molar-refractivity contribution in [3.63, 3.8) is 0 Å². The van der Waals surface area contributed by atoms with Crippen LogP contribution in [-0.4, -0.2) is 23.6 Å². The zero-order valence-electron chi connectivity index (χ0n) is 15.6. The van der Waals surface area contributed by atoms with Crippen molar-refractivity contribution in [2.45, 2.75) is 25.6 Å². The molecule has 2 aromatic rings. The molecule has 2 fully saturated rings. The Morgan fingerprint density at radius 1 is 0.893 bits per heavy atom. The molecule has 2 saturated heterocycles. The molecule has 0 radical (unpaired) electrons. The fourth-order valence-electron chi connectivity index (χ4n) is 4.66. The normalized spacial score (nSPS) is 33.8. The van der Waals surface area contributed by atoms with E-state index in [2.05, 4.69) is 0 Å². The van der Waals surface area contributed by atoms with E-state index < -0.39 is 31.0 Å². The molecule has 0 spiro atoms. The summed E-state index contributed by atoms with van der Waals surface area (Å²) in [5, 5.41) is 0.605. The summed E-state index contributed by atoms with van der Waals surface area (Å²) in [5.74, 6) is -1.81. The van der Waals surface area contributed by atoms with E-state index in [1.807, 2.05) is 50.3 Å². The van der Waals surface area contributed by atoms with Gasteiger partial charge in [-0.05, 0) is 43.7 Å². The third-order valence-electron chi connectivity index (χ3n) is 6.05. The highest BCUT2D eigenvalue weighted by molar-refractivity contribution is 7.68. The summed E-state index contributed by atoms with van der Waals surface area (Å²) in [7, 11) is -3.31. The number of imide groups is 1. The Morgan fingerprint density at radius 3 is 2.21 bits per heavy atom. The zero-order valence-corrected chi connectivity index (χ0v) is 16.5. The van der Waals surface area contributed by atoms with Crippen LogP contribution >= 0.6 is 7.37 Å². The molecule has 2 amide bonds. The number of aryl methyl sites for hydroxylation is 1. The van der Waals surface area contributed by atoms with E-state index in [0.717, 1.165) is 11.1 Å². The fraction of sp³-hybridized carbons (Fsp3) is 0.273. The Morgan fingerprint density at radius 2 is 1.54 bits per heavy atom. The largest absolute Gasteiger partial charge is 0.316 e. The Hall–Kier alpha value is -2.49. The fourth-order valence-corrected chi connectivity index (χ4v) is 7.63. The molecule has 0 aromatic heterocycles. The zero-order chi connectivity index (χ0) is 19.6. The molecule has 5 nitrogen and oxygen atoms in total. The number of hydrogen-bond donors (Lipinski definition) is 0. The van der Waals surface area contributed by atoms with Gasteiger partial charge in [0.25, 0.3) is 0 Å². The summed E-state index contributed by atoms with van der Waals surface area (Å²) in [6.45, 7) is 3.85. The molecule has 28 heavy (non-hydrogen) atoms. The average Bonchev–Trinajstić information content (AvgIpc) is 2.96. The van der Waals surface area contributed by atoms with Crippen LogP contribution in [0.3, 0.4) is 0 Å². The summed E-state index contributed by atoms with van der Waals surface area (Å²) in [6, 6.07) is 16.3. The monoisotopic (exact) mass is 393 g/mol. The van der Waals surface area contributed by atoms with Crippen LogP contribution in [-0.2, 0) is 18.7 Å². The van der Waals surface area contributed by atoms with Crippen LogP contribution in [0.1, 0.15) is 12.5 Å². The van der Waals surface area contributed by atoms with E-state index in [4.69, 9.17) is 4.52 Å². The molecule has 6 rings (SSSR count). The van der Waals surface area contributed by atoms with E-state index >= 15 is 0 Å². The lowest BCUT2D eigenvalue weighted by Crippen LogP contribution is -2.49. The number of rotatable bonds is 2. The first-order chi connectivity index (χ1) is 13.4. The van der Waals surface area contributed by atoms with Crippen LogP contribution in [0.5, 0.6) is 0 Å². The van der Waals surface area contributed by atoms with Gasteiger partial charge in [0.1, 0.15) is 0 Å². The number of carbonyl (C=O) groups is 2. The van der Waals surface area contributed by atoms with Crippen molar-refractivity contribution in [1.82, 2.24) is 0 Å². The van der Waals surface area contributed by atoms with Gasteiger partial charge in [-0.3, -0.25) is 14.2 Å². The molecule has 3 aliphatic heterocycles. The van der Waals surface area contributed by atoms with E-state index in [1.54, 1.807) is 24.3 Å². The van der Waals surface area contributed by atoms with Crippen LogP contribution in [0.2, 0.25) is 0 Å². The third-order valence-corrected chi connectivity index (χ3v) is 8.86. The highest BCUT2D eigenvalue weighted by Crippen LogP contribution is 2.66. The number of hydrogen-bond acceptors (Lipinski definition) is 4. The highest BCUT2D eigenvalue weighted by atomic mass is 31.2. The quantitative estimate of drug-likeness (QED) is 0.446. The van der Waals surface area contributed by atoms with Gasteiger partial charge in [0.05, 0.1) is 29.3 Å². The molecule has 1 aliphatic carbocycles. The number of nitrogens with zero attached hydrogens (tertiary/aromatic N) is 1. The summed E-state index contributed by atoms with van der Waals surface area (Å²) >= 11 is 0.